The maximum atomic E-state index is 12.3. The largest absolute Gasteiger partial charge is 0.396 e. The number of aliphatic hydroxyl groups is 2. The van der Waals surface area contributed by atoms with Crippen molar-refractivity contribution in [1.29, 1.82) is 0 Å². The molecule has 6 heteroatoms. The van der Waals surface area contributed by atoms with Gasteiger partial charge in [0.1, 0.15) is 5.82 Å². The molecule has 0 saturated carbocycles. The Bertz CT molecular complexity index is 552. The van der Waals surface area contributed by atoms with Crippen molar-refractivity contribution in [2.24, 2.45) is 0 Å². The molecule has 0 aliphatic heterocycles. The monoisotopic (exact) mass is 289 g/mol. The zero-order valence-electron chi connectivity index (χ0n) is 11.7. The van der Waals surface area contributed by atoms with Crippen molar-refractivity contribution in [3.8, 4) is 5.82 Å². The van der Waals surface area contributed by atoms with E-state index in [2.05, 4.69) is 4.98 Å². The van der Waals surface area contributed by atoms with E-state index in [4.69, 9.17) is 10.2 Å². The van der Waals surface area contributed by atoms with E-state index in [1.54, 1.807) is 12.1 Å². The van der Waals surface area contributed by atoms with E-state index in [1.165, 1.54) is 11.1 Å². The SMILES string of the molecule is O=C(c1ccc(-n2cccc2)nc1)N(CCO)CCCO. The van der Waals surface area contributed by atoms with Crippen LogP contribution < -0.4 is 0 Å². The zero-order chi connectivity index (χ0) is 15.1. The molecule has 2 rings (SSSR count). The molecule has 0 unspecified atom stereocenters. The van der Waals surface area contributed by atoms with Crippen LogP contribution >= 0.6 is 0 Å². The van der Waals surface area contributed by atoms with Crippen molar-refractivity contribution in [3.05, 3.63) is 48.4 Å². The van der Waals surface area contributed by atoms with E-state index in [1.807, 2.05) is 29.1 Å². The van der Waals surface area contributed by atoms with E-state index in [-0.39, 0.29) is 25.7 Å². The van der Waals surface area contributed by atoms with Crippen LogP contribution in [0.15, 0.2) is 42.9 Å². The number of aliphatic hydroxyl groups excluding tert-OH is 2. The van der Waals surface area contributed by atoms with Crippen molar-refractivity contribution in [3.63, 3.8) is 0 Å². The number of rotatable bonds is 7. The van der Waals surface area contributed by atoms with Gasteiger partial charge in [-0.3, -0.25) is 4.79 Å². The van der Waals surface area contributed by atoms with Crippen LogP contribution in [0.2, 0.25) is 0 Å². The Hall–Kier alpha value is -2.18. The van der Waals surface area contributed by atoms with Gasteiger partial charge in [0, 0.05) is 38.3 Å². The Morgan fingerprint density at radius 2 is 1.90 bits per heavy atom. The number of hydrogen-bond donors (Lipinski definition) is 2. The number of pyridine rings is 1. The molecular formula is C15H19N3O3. The fourth-order valence-corrected chi connectivity index (χ4v) is 2.03. The smallest absolute Gasteiger partial charge is 0.255 e. The van der Waals surface area contributed by atoms with E-state index in [9.17, 15) is 4.79 Å². The summed E-state index contributed by atoms with van der Waals surface area (Å²) < 4.78 is 1.85. The molecule has 21 heavy (non-hydrogen) atoms. The third-order valence-corrected chi connectivity index (χ3v) is 3.11. The van der Waals surface area contributed by atoms with E-state index in [0.717, 1.165) is 5.82 Å². The lowest BCUT2D eigenvalue weighted by Crippen LogP contribution is -2.34. The summed E-state index contributed by atoms with van der Waals surface area (Å²) in [5.41, 5.74) is 0.470. The minimum Gasteiger partial charge on any atom is -0.396 e. The molecule has 6 nitrogen and oxygen atoms in total. The van der Waals surface area contributed by atoms with Crippen LogP contribution in [0.5, 0.6) is 0 Å². The van der Waals surface area contributed by atoms with Gasteiger partial charge in [0.25, 0.3) is 5.91 Å². The Labute approximate surface area is 123 Å². The van der Waals surface area contributed by atoms with E-state index < -0.39 is 0 Å². The molecule has 0 aromatic carbocycles. The van der Waals surface area contributed by atoms with Gasteiger partial charge in [-0.1, -0.05) is 0 Å². The van der Waals surface area contributed by atoms with Gasteiger partial charge < -0.3 is 19.7 Å². The average Bonchev–Trinajstić information content (AvgIpc) is 3.05. The van der Waals surface area contributed by atoms with Gasteiger partial charge in [-0.25, -0.2) is 4.98 Å². The first-order valence-corrected chi connectivity index (χ1v) is 6.86. The predicted molar refractivity (Wildman–Crippen MR) is 78.3 cm³/mol. The summed E-state index contributed by atoms with van der Waals surface area (Å²) in [4.78, 5) is 18.1. The van der Waals surface area contributed by atoms with Crippen molar-refractivity contribution < 1.29 is 15.0 Å². The summed E-state index contributed by atoms with van der Waals surface area (Å²) in [7, 11) is 0. The van der Waals surface area contributed by atoms with Crippen molar-refractivity contribution in [2.45, 2.75) is 6.42 Å². The van der Waals surface area contributed by atoms with Crippen LogP contribution in [-0.2, 0) is 0 Å². The van der Waals surface area contributed by atoms with Crippen LogP contribution in [0.3, 0.4) is 0 Å². The van der Waals surface area contributed by atoms with E-state index in [0.29, 0.717) is 18.5 Å². The second-order valence-corrected chi connectivity index (χ2v) is 4.59. The number of hydrogen-bond acceptors (Lipinski definition) is 4. The molecule has 112 valence electrons. The summed E-state index contributed by atoms with van der Waals surface area (Å²) in [5, 5.41) is 17.9. The highest BCUT2D eigenvalue weighted by molar-refractivity contribution is 5.94. The Kier molecular flexibility index (Phi) is 5.48. The second-order valence-electron chi connectivity index (χ2n) is 4.59. The van der Waals surface area contributed by atoms with Crippen molar-refractivity contribution >= 4 is 5.91 Å². The Balaban J connectivity index is 2.10. The summed E-state index contributed by atoms with van der Waals surface area (Å²) in [6.07, 6.45) is 5.77. The molecule has 0 atom stereocenters. The van der Waals surface area contributed by atoms with Gasteiger partial charge in [0.2, 0.25) is 0 Å². The fourth-order valence-electron chi connectivity index (χ4n) is 2.03. The highest BCUT2D eigenvalue weighted by Crippen LogP contribution is 2.09. The third kappa shape index (κ3) is 3.90. The number of nitrogens with zero attached hydrogens (tertiary/aromatic N) is 3. The molecular weight excluding hydrogens is 270 g/mol. The van der Waals surface area contributed by atoms with Gasteiger partial charge in [-0.15, -0.1) is 0 Å². The first-order chi connectivity index (χ1) is 10.3. The number of carbonyl (C=O) groups is 1. The Morgan fingerprint density at radius 3 is 2.48 bits per heavy atom. The van der Waals surface area contributed by atoms with Gasteiger partial charge in [-0.2, -0.15) is 0 Å². The minimum absolute atomic E-state index is 0.0139. The van der Waals surface area contributed by atoms with Crippen molar-refractivity contribution in [1.82, 2.24) is 14.5 Å². The number of aromatic nitrogens is 2. The van der Waals surface area contributed by atoms with Crippen LogP contribution in [0, 0.1) is 0 Å². The molecule has 2 heterocycles. The highest BCUT2D eigenvalue weighted by atomic mass is 16.3. The molecule has 2 N–H and O–H groups in total. The summed E-state index contributed by atoms with van der Waals surface area (Å²) in [5.74, 6) is 0.546. The molecule has 2 aromatic rings. The molecule has 0 fully saturated rings. The summed E-state index contributed by atoms with van der Waals surface area (Å²) in [6.45, 7) is 0.569. The van der Waals surface area contributed by atoms with Crippen molar-refractivity contribution in [2.75, 3.05) is 26.3 Å². The third-order valence-electron chi connectivity index (χ3n) is 3.11. The predicted octanol–water partition coefficient (Wildman–Crippen LogP) is 0.689. The number of carbonyl (C=O) groups excluding carboxylic acids is 1. The number of amides is 1. The van der Waals surface area contributed by atoms with Crippen LogP contribution in [0.25, 0.3) is 5.82 Å². The maximum Gasteiger partial charge on any atom is 0.255 e. The highest BCUT2D eigenvalue weighted by Gasteiger charge is 2.15. The zero-order valence-corrected chi connectivity index (χ0v) is 11.7. The lowest BCUT2D eigenvalue weighted by Gasteiger charge is -2.21. The van der Waals surface area contributed by atoms with E-state index >= 15 is 0 Å². The molecule has 0 radical (unpaired) electrons. The average molecular weight is 289 g/mol. The molecule has 0 aliphatic rings. The molecule has 0 bridgehead atoms. The maximum absolute atomic E-state index is 12.3. The fraction of sp³-hybridized carbons (Fsp3) is 0.333. The first-order valence-electron chi connectivity index (χ1n) is 6.86. The molecule has 0 saturated heterocycles. The van der Waals surface area contributed by atoms with Gasteiger partial charge >= 0.3 is 0 Å². The lowest BCUT2D eigenvalue weighted by molar-refractivity contribution is 0.0709. The quantitative estimate of drug-likeness (QED) is 0.786. The minimum atomic E-state index is -0.191. The molecule has 1 amide bonds. The standard InChI is InChI=1S/C15H19N3O3/c19-10-3-8-18(9-11-20)15(21)13-4-5-14(16-12-13)17-6-1-2-7-17/h1-2,4-7,12,19-20H,3,8-11H2. The topological polar surface area (TPSA) is 78.6 Å². The van der Waals surface area contributed by atoms with Crippen LogP contribution in [0.4, 0.5) is 0 Å². The molecule has 0 spiro atoms. The van der Waals surface area contributed by atoms with Gasteiger partial charge in [0.05, 0.1) is 12.2 Å². The van der Waals surface area contributed by atoms with Gasteiger partial charge in [-0.05, 0) is 30.7 Å². The van der Waals surface area contributed by atoms with Crippen LogP contribution in [0.1, 0.15) is 16.8 Å². The Morgan fingerprint density at radius 1 is 1.14 bits per heavy atom. The summed E-state index contributed by atoms with van der Waals surface area (Å²) >= 11 is 0. The van der Waals surface area contributed by atoms with Gasteiger partial charge in [0.15, 0.2) is 0 Å². The van der Waals surface area contributed by atoms with Crippen LogP contribution in [-0.4, -0.2) is 56.9 Å². The first kappa shape index (κ1) is 15.2. The molecule has 2 aromatic heterocycles. The lowest BCUT2D eigenvalue weighted by atomic mass is 10.2. The second kappa shape index (κ2) is 7.56. The molecule has 0 aliphatic carbocycles. The summed E-state index contributed by atoms with van der Waals surface area (Å²) in [6, 6.07) is 7.29. The normalized spacial score (nSPS) is 10.6.